The molecule has 0 bridgehead atoms. The van der Waals surface area contributed by atoms with Crippen molar-refractivity contribution in [3.05, 3.63) is 131 Å². The lowest BCUT2D eigenvalue weighted by atomic mass is 10.1. The summed E-state index contributed by atoms with van der Waals surface area (Å²) in [5.74, 6) is 0.467. The second-order valence-electron chi connectivity index (χ2n) is 8.48. The number of carbonyl (C=O) groups excluding carboxylic acids is 1. The third-order valence-electron chi connectivity index (χ3n) is 6.12. The van der Waals surface area contributed by atoms with Gasteiger partial charge in [-0.2, -0.15) is 0 Å². The van der Waals surface area contributed by atoms with E-state index in [4.69, 9.17) is 13.9 Å². The van der Waals surface area contributed by atoms with Crippen LogP contribution in [-0.4, -0.2) is 20.0 Å². The maximum absolute atomic E-state index is 12.9. The zero-order valence-electron chi connectivity index (χ0n) is 21.0. The monoisotopic (exact) mass is 503 g/mol. The first-order valence-electron chi connectivity index (χ1n) is 12.0. The van der Waals surface area contributed by atoms with Gasteiger partial charge in [-0.05, 0) is 54.1 Å². The number of anilines is 3. The van der Waals surface area contributed by atoms with E-state index in [0.717, 1.165) is 22.6 Å². The molecule has 0 aliphatic rings. The van der Waals surface area contributed by atoms with Crippen molar-refractivity contribution in [1.82, 2.24) is 0 Å². The van der Waals surface area contributed by atoms with E-state index in [1.807, 2.05) is 60.7 Å². The first-order valence-corrected chi connectivity index (χ1v) is 12.0. The third kappa shape index (κ3) is 5.06. The van der Waals surface area contributed by atoms with Gasteiger partial charge in [0.2, 0.25) is 0 Å². The highest BCUT2D eigenvalue weighted by Gasteiger charge is 2.16. The minimum atomic E-state index is -0.723. The molecule has 4 aromatic carbocycles. The van der Waals surface area contributed by atoms with Crippen LogP contribution in [0.15, 0.2) is 118 Å². The number of hydrogen-bond acceptors (Lipinski definition) is 6. The van der Waals surface area contributed by atoms with Gasteiger partial charge in [-0.15, -0.1) is 0 Å². The molecule has 0 saturated carbocycles. The smallest absolute Gasteiger partial charge is 0.347 e. The van der Waals surface area contributed by atoms with Crippen molar-refractivity contribution in [2.45, 2.75) is 0 Å². The quantitative estimate of drug-likeness (QED) is 0.127. The summed E-state index contributed by atoms with van der Waals surface area (Å²) in [4.78, 5) is 27.6. The molecule has 1 aromatic heterocycles. The van der Waals surface area contributed by atoms with Gasteiger partial charge in [-0.3, -0.25) is 4.79 Å². The van der Waals surface area contributed by atoms with E-state index in [9.17, 15) is 9.59 Å². The Bertz CT molecular complexity index is 1620. The first-order chi connectivity index (χ1) is 18.6. The van der Waals surface area contributed by atoms with Gasteiger partial charge < -0.3 is 18.8 Å². The minimum Gasteiger partial charge on any atom is -0.496 e. The number of fused-ring (bicyclic) bond motifs is 1. The molecule has 38 heavy (non-hydrogen) atoms. The number of benzene rings is 4. The molecule has 188 valence electrons. The number of allylic oxidation sites excluding steroid dienone is 1. The van der Waals surface area contributed by atoms with Crippen LogP contribution in [0.1, 0.15) is 15.9 Å². The zero-order valence-corrected chi connectivity index (χ0v) is 21.0. The van der Waals surface area contributed by atoms with Crippen molar-refractivity contribution in [1.29, 1.82) is 0 Å². The van der Waals surface area contributed by atoms with Crippen LogP contribution in [0.5, 0.6) is 11.5 Å². The van der Waals surface area contributed by atoms with Gasteiger partial charge in [0.25, 0.3) is 0 Å². The summed E-state index contributed by atoms with van der Waals surface area (Å²) >= 11 is 0. The summed E-state index contributed by atoms with van der Waals surface area (Å²) in [6.45, 7) is 0. The largest absolute Gasteiger partial charge is 0.496 e. The van der Waals surface area contributed by atoms with Gasteiger partial charge in [-0.1, -0.05) is 54.6 Å². The average molecular weight is 504 g/mol. The van der Waals surface area contributed by atoms with Crippen molar-refractivity contribution in [2.75, 3.05) is 19.1 Å². The standard InChI is InChI=1S/C32H25NO5/c1-36-26-19-30(37-2)28-21-27(32(35)38-31(28)20-26)29(34)18-15-22-13-16-25(17-14-22)33(23-9-5-3-6-10-23)24-11-7-4-8-12-24/h3-21H,1-2H3/b18-15+. The van der Waals surface area contributed by atoms with Gasteiger partial charge in [0.05, 0.1) is 19.6 Å². The SMILES string of the molecule is COc1cc(OC)c2cc(C(=O)/C=C/c3ccc(N(c4ccccc4)c4ccccc4)cc3)c(=O)oc2c1. The van der Waals surface area contributed by atoms with E-state index in [1.54, 1.807) is 18.2 Å². The number of ketones is 1. The Kier molecular flexibility index (Phi) is 7.04. The highest BCUT2D eigenvalue weighted by atomic mass is 16.5. The van der Waals surface area contributed by atoms with Crippen LogP contribution in [0.4, 0.5) is 17.1 Å². The summed E-state index contributed by atoms with van der Waals surface area (Å²) in [6.07, 6.45) is 3.05. The summed E-state index contributed by atoms with van der Waals surface area (Å²) in [7, 11) is 3.01. The maximum atomic E-state index is 12.9. The van der Waals surface area contributed by atoms with Crippen molar-refractivity contribution in [3.8, 4) is 11.5 Å². The van der Waals surface area contributed by atoms with E-state index in [1.165, 1.54) is 26.4 Å². The Labute approximate surface area is 220 Å². The number of rotatable bonds is 8. The van der Waals surface area contributed by atoms with Crippen LogP contribution in [0.2, 0.25) is 0 Å². The Hall–Kier alpha value is -5.10. The molecule has 0 amide bonds. The molecule has 6 nitrogen and oxygen atoms in total. The van der Waals surface area contributed by atoms with E-state index in [0.29, 0.717) is 16.9 Å². The van der Waals surface area contributed by atoms with Gasteiger partial charge in [0, 0.05) is 29.2 Å². The Morgan fingerprint density at radius 3 is 1.95 bits per heavy atom. The Morgan fingerprint density at radius 2 is 1.37 bits per heavy atom. The maximum Gasteiger partial charge on any atom is 0.347 e. The number of hydrogen-bond donors (Lipinski definition) is 0. The first kappa shape index (κ1) is 24.6. The van der Waals surface area contributed by atoms with Crippen molar-refractivity contribution in [2.24, 2.45) is 0 Å². The van der Waals surface area contributed by atoms with E-state index in [2.05, 4.69) is 29.2 Å². The fourth-order valence-corrected chi connectivity index (χ4v) is 4.22. The fraction of sp³-hybridized carbons (Fsp3) is 0.0625. The predicted molar refractivity (Wildman–Crippen MR) is 150 cm³/mol. The third-order valence-corrected chi connectivity index (χ3v) is 6.12. The van der Waals surface area contributed by atoms with Crippen LogP contribution >= 0.6 is 0 Å². The molecule has 0 atom stereocenters. The van der Waals surface area contributed by atoms with Crippen molar-refractivity contribution >= 4 is 39.9 Å². The van der Waals surface area contributed by atoms with Gasteiger partial charge in [-0.25, -0.2) is 4.79 Å². The van der Waals surface area contributed by atoms with Crippen LogP contribution in [-0.2, 0) is 0 Å². The topological polar surface area (TPSA) is 69.0 Å². The van der Waals surface area contributed by atoms with E-state index >= 15 is 0 Å². The molecular weight excluding hydrogens is 478 g/mol. The molecule has 0 aliphatic carbocycles. The fourth-order valence-electron chi connectivity index (χ4n) is 4.22. The number of ether oxygens (including phenoxy) is 2. The van der Waals surface area contributed by atoms with Crippen LogP contribution in [0, 0.1) is 0 Å². The number of nitrogens with zero attached hydrogens (tertiary/aromatic N) is 1. The van der Waals surface area contributed by atoms with Crippen LogP contribution < -0.4 is 20.0 Å². The molecule has 5 aromatic rings. The van der Waals surface area contributed by atoms with Crippen LogP contribution in [0.25, 0.3) is 17.0 Å². The summed E-state index contributed by atoms with van der Waals surface area (Å²) in [5.41, 5.74) is 3.34. The Morgan fingerprint density at radius 1 is 0.763 bits per heavy atom. The molecule has 6 heteroatoms. The van der Waals surface area contributed by atoms with Gasteiger partial charge in [0.1, 0.15) is 22.6 Å². The van der Waals surface area contributed by atoms with E-state index < -0.39 is 11.4 Å². The van der Waals surface area contributed by atoms with Crippen molar-refractivity contribution in [3.63, 3.8) is 0 Å². The second-order valence-corrected chi connectivity index (χ2v) is 8.48. The number of methoxy groups -OCH3 is 2. The lowest BCUT2D eigenvalue weighted by molar-refractivity contribution is 0.104. The molecule has 0 fully saturated rings. The molecule has 0 N–H and O–H groups in total. The van der Waals surface area contributed by atoms with Crippen LogP contribution in [0.3, 0.4) is 0 Å². The van der Waals surface area contributed by atoms with Gasteiger partial charge in [0.15, 0.2) is 5.78 Å². The molecule has 0 spiro atoms. The normalized spacial score (nSPS) is 11.0. The Balaban J connectivity index is 1.42. The second kappa shape index (κ2) is 10.9. The molecular formula is C32H25NO5. The number of para-hydroxylation sites is 2. The summed E-state index contributed by atoms with van der Waals surface area (Å²) in [6, 6.07) is 32.8. The minimum absolute atomic E-state index is 0.0758. The highest BCUT2D eigenvalue weighted by Crippen LogP contribution is 2.34. The average Bonchev–Trinajstić information content (AvgIpc) is 2.96. The molecule has 0 radical (unpaired) electrons. The van der Waals surface area contributed by atoms with Crippen molar-refractivity contribution < 1.29 is 18.7 Å². The molecule has 1 heterocycles. The molecule has 5 rings (SSSR count). The van der Waals surface area contributed by atoms with Gasteiger partial charge >= 0.3 is 5.63 Å². The molecule has 0 unspecified atom stereocenters. The number of carbonyl (C=O) groups is 1. The zero-order chi connectivity index (χ0) is 26.5. The lowest BCUT2D eigenvalue weighted by Gasteiger charge is -2.25. The summed E-state index contributed by atoms with van der Waals surface area (Å²) in [5, 5.41) is 0.510. The predicted octanol–water partition coefficient (Wildman–Crippen LogP) is 7.18. The molecule has 0 aliphatic heterocycles. The molecule has 0 saturated heterocycles. The lowest BCUT2D eigenvalue weighted by Crippen LogP contribution is -2.12. The van der Waals surface area contributed by atoms with E-state index in [-0.39, 0.29) is 11.1 Å². The summed E-state index contributed by atoms with van der Waals surface area (Å²) < 4.78 is 16.0. The highest BCUT2D eigenvalue weighted by molar-refractivity contribution is 6.08.